The normalized spacial score (nSPS) is 10.2. The van der Waals surface area contributed by atoms with Gasteiger partial charge in [-0.1, -0.05) is 0 Å². The van der Waals surface area contributed by atoms with Crippen LogP contribution >= 0.6 is 12.4 Å². The summed E-state index contributed by atoms with van der Waals surface area (Å²) < 4.78 is 0. The zero-order chi connectivity index (χ0) is 11.7. The van der Waals surface area contributed by atoms with E-state index in [0.29, 0.717) is 12.1 Å². The second kappa shape index (κ2) is 5.21. The molecule has 0 unspecified atom stereocenters. The molecule has 1 heterocycles. The molecule has 2 rings (SSSR count). The first kappa shape index (κ1) is 13.5. The number of carbonyl (C=O) groups is 1. The van der Waals surface area contributed by atoms with Crippen molar-refractivity contribution in [2.24, 2.45) is 5.73 Å². The third-order valence-electron chi connectivity index (χ3n) is 2.76. The molecule has 0 atom stereocenters. The summed E-state index contributed by atoms with van der Waals surface area (Å²) in [6.45, 7) is 2.54. The zero-order valence-electron chi connectivity index (χ0n) is 9.49. The molecule has 0 spiro atoms. The molecule has 0 amide bonds. The van der Waals surface area contributed by atoms with Gasteiger partial charge >= 0.3 is 5.97 Å². The maximum Gasteiger partial charge on any atom is 0.335 e. The molecular formula is C12H15ClN2O2. The molecular weight excluding hydrogens is 240 g/mol. The van der Waals surface area contributed by atoms with Crippen molar-refractivity contribution in [3.05, 3.63) is 35.0 Å². The highest BCUT2D eigenvalue weighted by molar-refractivity contribution is 5.95. The second-order valence-electron chi connectivity index (χ2n) is 3.83. The van der Waals surface area contributed by atoms with E-state index in [4.69, 9.17) is 10.8 Å². The zero-order valence-corrected chi connectivity index (χ0v) is 10.3. The summed E-state index contributed by atoms with van der Waals surface area (Å²) in [7, 11) is 0. The molecule has 2 aromatic rings. The smallest absolute Gasteiger partial charge is 0.335 e. The highest BCUT2D eigenvalue weighted by Crippen LogP contribution is 2.23. The first-order valence-electron chi connectivity index (χ1n) is 5.18. The van der Waals surface area contributed by atoms with Crippen molar-refractivity contribution >= 4 is 29.3 Å². The minimum Gasteiger partial charge on any atom is -0.478 e. The number of aromatic carboxylic acids is 1. The molecule has 0 aliphatic carbocycles. The Morgan fingerprint density at radius 3 is 2.76 bits per heavy atom. The van der Waals surface area contributed by atoms with E-state index in [0.717, 1.165) is 28.6 Å². The summed E-state index contributed by atoms with van der Waals surface area (Å²) in [6, 6.07) is 5.10. The van der Waals surface area contributed by atoms with Crippen LogP contribution in [0.3, 0.4) is 0 Å². The van der Waals surface area contributed by atoms with Crippen molar-refractivity contribution in [3.63, 3.8) is 0 Å². The third-order valence-corrected chi connectivity index (χ3v) is 2.76. The second-order valence-corrected chi connectivity index (χ2v) is 3.83. The number of halogens is 1. The van der Waals surface area contributed by atoms with Gasteiger partial charge in [-0.25, -0.2) is 4.79 Å². The predicted molar refractivity (Wildman–Crippen MR) is 70.0 cm³/mol. The van der Waals surface area contributed by atoms with E-state index in [1.165, 1.54) is 0 Å². The molecule has 0 fully saturated rings. The fourth-order valence-corrected chi connectivity index (χ4v) is 1.98. The van der Waals surface area contributed by atoms with Gasteiger partial charge in [0.05, 0.1) is 5.56 Å². The van der Waals surface area contributed by atoms with E-state index in [1.807, 2.05) is 6.92 Å². The number of nitrogens with two attached hydrogens (primary N) is 1. The summed E-state index contributed by atoms with van der Waals surface area (Å²) in [5, 5.41) is 9.90. The number of rotatable bonds is 3. The Labute approximate surface area is 105 Å². The molecule has 0 aliphatic heterocycles. The maximum atomic E-state index is 10.9. The minimum atomic E-state index is -0.903. The van der Waals surface area contributed by atoms with Gasteiger partial charge in [0.25, 0.3) is 0 Å². The van der Waals surface area contributed by atoms with Gasteiger partial charge in [-0.15, -0.1) is 12.4 Å². The predicted octanol–water partition coefficient (Wildman–Crippen LogP) is 2.10. The van der Waals surface area contributed by atoms with E-state index in [-0.39, 0.29) is 12.4 Å². The Morgan fingerprint density at radius 2 is 2.18 bits per heavy atom. The van der Waals surface area contributed by atoms with Gasteiger partial charge in [0, 0.05) is 16.6 Å². The summed E-state index contributed by atoms with van der Waals surface area (Å²) in [5.41, 5.74) is 8.99. The lowest BCUT2D eigenvalue weighted by atomic mass is 10.1. The standard InChI is InChI=1S/C12H14N2O2.ClH/c1-7-9(4-5-13)10-6-8(12(15)16)2-3-11(10)14-7;/h2-3,6,14H,4-5,13H2,1H3,(H,15,16);1H. The van der Waals surface area contributed by atoms with E-state index < -0.39 is 5.97 Å². The van der Waals surface area contributed by atoms with Crippen molar-refractivity contribution in [1.82, 2.24) is 4.98 Å². The lowest BCUT2D eigenvalue weighted by Gasteiger charge is -1.99. The number of aromatic amines is 1. The Morgan fingerprint density at radius 1 is 1.47 bits per heavy atom. The molecule has 1 aromatic heterocycles. The van der Waals surface area contributed by atoms with Crippen molar-refractivity contribution in [2.45, 2.75) is 13.3 Å². The Bertz CT molecular complexity index is 549. The van der Waals surface area contributed by atoms with Crippen LogP contribution in [0, 0.1) is 6.92 Å². The van der Waals surface area contributed by atoms with Crippen molar-refractivity contribution < 1.29 is 9.90 Å². The molecule has 17 heavy (non-hydrogen) atoms. The van der Waals surface area contributed by atoms with Gasteiger partial charge in [-0.3, -0.25) is 0 Å². The largest absolute Gasteiger partial charge is 0.478 e. The summed E-state index contributed by atoms with van der Waals surface area (Å²) in [6.07, 6.45) is 0.759. The van der Waals surface area contributed by atoms with Crippen molar-refractivity contribution in [1.29, 1.82) is 0 Å². The van der Waals surface area contributed by atoms with Gasteiger partial charge in [0.2, 0.25) is 0 Å². The monoisotopic (exact) mass is 254 g/mol. The number of carboxylic acid groups (broad SMARTS) is 1. The van der Waals surface area contributed by atoms with E-state index in [2.05, 4.69) is 4.98 Å². The number of aromatic nitrogens is 1. The van der Waals surface area contributed by atoms with E-state index in [1.54, 1.807) is 18.2 Å². The van der Waals surface area contributed by atoms with Gasteiger partial charge < -0.3 is 15.8 Å². The lowest BCUT2D eigenvalue weighted by Crippen LogP contribution is -2.03. The van der Waals surface area contributed by atoms with Crippen LogP contribution in [0.25, 0.3) is 10.9 Å². The average molecular weight is 255 g/mol. The molecule has 0 bridgehead atoms. The number of carboxylic acids is 1. The highest BCUT2D eigenvalue weighted by atomic mass is 35.5. The lowest BCUT2D eigenvalue weighted by molar-refractivity contribution is 0.0697. The van der Waals surface area contributed by atoms with E-state index in [9.17, 15) is 4.79 Å². The molecule has 4 N–H and O–H groups in total. The van der Waals surface area contributed by atoms with Crippen LogP contribution in [0.5, 0.6) is 0 Å². The summed E-state index contributed by atoms with van der Waals surface area (Å²) in [4.78, 5) is 14.1. The van der Waals surface area contributed by atoms with Crippen molar-refractivity contribution in [2.75, 3.05) is 6.54 Å². The Hall–Kier alpha value is -1.52. The number of H-pyrrole nitrogens is 1. The van der Waals surface area contributed by atoms with Crippen LogP contribution in [0.15, 0.2) is 18.2 Å². The average Bonchev–Trinajstić information content (AvgIpc) is 2.55. The fourth-order valence-electron chi connectivity index (χ4n) is 1.98. The number of fused-ring (bicyclic) bond motifs is 1. The SMILES string of the molecule is Cc1[nH]c2ccc(C(=O)O)cc2c1CCN.Cl. The number of aryl methyl sites for hydroxylation is 1. The number of benzene rings is 1. The first-order valence-corrected chi connectivity index (χ1v) is 5.18. The number of hydrogen-bond donors (Lipinski definition) is 3. The third kappa shape index (κ3) is 2.43. The van der Waals surface area contributed by atoms with Crippen LogP contribution < -0.4 is 5.73 Å². The van der Waals surface area contributed by atoms with Crippen LogP contribution in [-0.4, -0.2) is 22.6 Å². The molecule has 92 valence electrons. The molecule has 5 heteroatoms. The number of hydrogen-bond acceptors (Lipinski definition) is 2. The molecule has 0 saturated carbocycles. The Kier molecular flexibility index (Phi) is 4.15. The fraction of sp³-hybridized carbons (Fsp3) is 0.250. The summed E-state index contributed by atoms with van der Waals surface area (Å²) >= 11 is 0. The van der Waals surface area contributed by atoms with Crippen LogP contribution in [-0.2, 0) is 6.42 Å². The van der Waals surface area contributed by atoms with Gasteiger partial charge in [-0.05, 0) is 43.7 Å². The molecule has 1 aromatic carbocycles. The Balaban J connectivity index is 0.00000144. The van der Waals surface area contributed by atoms with Crippen LogP contribution in [0.1, 0.15) is 21.6 Å². The minimum absolute atomic E-state index is 0. The van der Waals surface area contributed by atoms with E-state index >= 15 is 0 Å². The van der Waals surface area contributed by atoms with Crippen LogP contribution in [0.4, 0.5) is 0 Å². The van der Waals surface area contributed by atoms with Gasteiger partial charge in [0.15, 0.2) is 0 Å². The molecule has 4 nitrogen and oxygen atoms in total. The highest BCUT2D eigenvalue weighted by Gasteiger charge is 2.10. The molecule has 0 radical (unpaired) electrons. The quantitative estimate of drug-likeness (QED) is 0.785. The summed E-state index contributed by atoms with van der Waals surface area (Å²) in [5.74, 6) is -0.903. The topological polar surface area (TPSA) is 79.1 Å². The maximum absolute atomic E-state index is 10.9. The molecule has 0 saturated heterocycles. The first-order chi connectivity index (χ1) is 7.63. The van der Waals surface area contributed by atoms with Gasteiger partial charge in [0.1, 0.15) is 0 Å². The molecule has 0 aliphatic rings. The van der Waals surface area contributed by atoms with Crippen molar-refractivity contribution in [3.8, 4) is 0 Å². The van der Waals surface area contributed by atoms with Crippen LogP contribution in [0.2, 0.25) is 0 Å². The number of nitrogens with one attached hydrogen (secondary N) is 1. The van der Waals surface area contributed by atoms with Gasteiger partial charge in [-0.2, -0.15) is 0 Å².